The Morgan fingerprint density at radius 3 is 2.43 bits per heavy atom. The van der Waals surface area contributed by atoms with Crippen molar-refractivity contribution in [2.24, 2.45) is 0 Å². The summed E-state index contributed by atoms with van der Waals surface area (Å²) in [6, 6.07) is 4.84. The molecule has 0 atom stereocenters. The molecular weight excluding hydrogens is 325 g/mol. The monoisotopic (exact) mass is 339 g/mol. The van der Waals surface area contributed by atoms with Crippen molar-refractivity contribution >= 4 is 5.91 Å². The van der Waals surface area contributed by atoms with Crippen molar-refractivity contribution in [3.63, 3.8) is 0 Å². The van der Waals surface area contributed by atoms with Crippen molar-refractivity contribution < 1.29 is 36.2 Å². The van der Waals surface area contributed by atoms with E-state index in [-0.39, 0.29) is 26.3 Å². The fourth-order valence-corrected chi connectivity index (χ4v) is 2.08. The zero-order valence-electron chi connectivity index (χ0n) is 12.1. The van der Waals surface area contributed by atoms with Crippen LogP contribution >= 0.6 is 0 Å². The second-order valence-corrected chi connectivity index (χ2v) is 4.89. The maximum absolute atomic E-state index is 13.1. The molecule has 9 heteroatoms. The van der Waals surface area contributed by atoms with Crippen molar-refractivity contribution in [3.05, 3.63) is 23.8 Å². The third-order valence-corrected chi connectivity index (χ3v) is 3.40. The molecule has 0 saturated heterocycles. The van der Waals surface area contributed by atoms with Gasteiger partial charge >= 0.3 is 18.0 Å². The van der Waals surface area contributed by atoms with Crippen LogP contribution < -0.4 is 9.47 Å². The van der Waals surface area contributed by atoms with Gasteiger partial charge in [-0.1, -0.05) is 6.07 Å². The number of halogens is 5. The number of rotatable bonds is 5. The van der Waals surface area contributed by atoms with E-state index in [1.54, 1.807) is 18.2 Å². The van der Waals surface area contributed by atoms with Crippen LogP contribution in [0.2, 0.25) is 0 Å². The highest BCUT2D eigenvalue weighted by Gasteiger charge is 2.64. The van der Waals surface area contributed by atoms with Crippen LogP contribution in [0.4, 0.5) is 22.0 Å². The highest BCUT2D eigenvalue weighted by molar-refractivity contribution is 5.84. The summed E-state index contributed by atoms with van der Waals surface area (Å²) in [4.78, 5) is 11.9. The number of carbonyl (C=O) groups excluding carboxylic acids is 1. The summed E-state index contributed by atoms with van der Waals surface area (Å²) in [6.07, 6.45) is -5.79. The van der Waals surface area contributed by atoms with Gasteiger partial charge in [0.1, 0.15) is 0 Å². The molecule has 1 aliphatic rings. The molecule has 0 fully saturated rings. The van der Waals surface area contributed by atoms with Crippen molar-refractivity contribution in [3.8, 4) is 11.5 Å². The van der Waals surface area contributed by atoms with Gasteiger partial charge in [-0.3, -0.25) is 4.79 Å². The molecule has 1 aromatic rings. The van der Waals surface area contributed by atoms with E-state index in [2.05, 4.69) is 0 Å². The summed E-state index contributed by atoms with van der Waals surface area (Å²) in [5.74, 6) is -6.63. The first-order valence-corrected chi connectivity index (χ1v) is 6.79. The van der Waals surface area contributed by atoms with Gasteiger partial charge in [-0.05, 0) is 31.0 Å². The first-order valence-electron chi connectivity index (χ1n) is 6.79. The van der Waals surface area contributed by atoms with Gasteiger partial charge in [-0.25, -0.2) is 0 Å². The molecule has 0 spiro atoms. The predicted molar refractivity (Wildman–Crippen MR) is 69.5 cm³/mol. The lowest BCUT2D eigenvalue weighted by Gasteiger charge is -2.27. The Bertz CT molecular complexity index is 588. The minimum Gasteiger partial charge on any atom is -0.454 e. The molecule has 2 rings (SSSR count). The minimum absolute atomic E-state index is 0.0656. The summed E-state index contributed by atoms with van der Waals surface area (Å²) >= 11 is 0. The van der Waals surface area contributed by atoms with Crippen molar-refractivity contribution in [2.75, 3.05) is 19.9 Å². The molecule has 1 aromatic carbocycles. The topological polar surface area (TPSA) is 38.8 Å². The Kier molecular flexibility index (Phi) is 4.67. The van der Waals surface area contributed by atoms with E-state index >= 15 is 0 Å². The van der Waals surface area contributed by atoms with E-state index in [4.69, 9.17) is 9.47 Å². The lowest BCUT2D eigenvalue weighted by molar-refractivity contribution is -0.274. The van der Waals surface area contributed by atoms with Crippen LogP contribution in [0, 0.1) is 0 Å². The SMILES string of the molecule is CCN(CCc1ccc2c(c1)OCO2)C(=O)C(F)(F)C(F)(F)F. The Morgan fingerprint density at radius 2 is 1.83 bits per heavy atom. The number of amides is 1. The van der Waals surface area contributed by atoms with Gasteiger partial charge in [-0.2, -0.15) is 22.0 Å². The lowest BCUT2D eigenvalue weighted by atomic mass is 10.1. The van der Waals surface area contributed by atoms with Crippen LogP contribution in [0.3, 0.4) is 0 Å². The predicted octanol–water partition coefficient (Wildman–Crippen LogP) is 3.00. The normalized spacial score (nSPS) is 14.0. The molecular formula is C14H14F5NO3. The van der Waals surface area contributed by atoms with Gasteiger partial charge in [0.15, 0.2) is 11.5 Å². The van der Waals surface area contributed by atoms with E-state index in [1.807, 2.05) is 0 Å². The van der Waals surface area contributed by atoms with Crippen molar-refractivity contribution in [1.29, 1.82) is 0 Å². The summed E-state index contributed by atoms with van der Waals surface area (Å²) in [7, 11) is 0. The van der Waals surface area contributed by atoms with Gasteiger partial charge in [0.05, 0.1) is 0 Å². The number of alkyl halides is 5. The fraction of sp³-hybridized carbons (Fsp3) is 0.500. The number of hydrogen-bond donors (Lipinski definition) is 0. The Labute approximate surface area is 128 Å². The molecule has 128 valence electrons. The molecule has 1 amide bonds. The number of hydrogen-bond acceptors (Lipinski definition) is 3. The second-order valence-electron chi connectivity index (χ2n) is 4.89. The van der Waals surface area contributed by atoms with E-state index in [0.717, 1.165) is 0 Å². The standard InChI is InChI=1S/C14H14F5NO3/c1-2-20(12(21)13(15,16)14(17,18)19)6-5-9-3-4-10-11(7-9)23-8-22-10/h3-4,7H,2,5-6,8H2,1H3. The zero-order chi connectivity index (χ0) is 17.3. The van der Waals surface area contributed by atoms with Crippen molar-refractivity contribution in [1.82, 2.24) is 4.90 Å². The summed E-state index contributed by atoms with van der Waals surface area (Å²) in [6.45, 7) is 0.885. The first kappa shape index (κ1) is 17.3. The molecule has 1 heterocycles. The first-order chi connectivity index (χ1) is 10.7. The van der Waals surface area contributed by atoms with Gasteiger partial charge in [0.2, 0.25) is 6.79 Å². The number of fused-ring (bicyclic) bond motifs is 1. The Hall–Kier alpha value is -2.06. The maximum atomic E-state index is 13.1. The molecule has 0 radical (unpaired) electrons. The average molecular weight is 339 g/mol. The number of carbonyl (C=O) groups is 1. The lowest BCUT2D eigenvalue weighted by Crippen LogP contribution is -2.52. The zero-order valence-corrected chi connectivity index (χ0v) is 12.1. The minimum atomic E-state index is -5.91. The van der Waals surface area contributed by atoms with Crippen LogP contribution in [0.15, 0.2) is 18.2 Å². The highest BCUT2D eigenvalue weighted by Crippen LogP contribution is 2.37. The van der Waals surface area contributed by atoms with E-state index in [9.17, 15) is 26.7 Å². The van der Waals surface area contributed by atoms with E-state index in [0.29, 0.717) is 22.0 Å². The molecule has 0 unspecified atom stereocenters. The average Bonchev–Trinajstić information content (AvgIpc) is 2.94. The second kappa shape index (κ2) is 6.21. The Morgan fingerprint density at radius 1 is 1.17 bits per heavy atom. The van der Waals surface area contributed by atoms with E-state index in [1.165, 1.54) is 6.92 Å². The van der Waals surface area contributed by atoms with Gasteiger partial charge < -0.3 is 14.4 Å². The number of nitrogens with zero attached hydrogens (tertiary/aromatic N) is 1. The smallest absolute Gasteiger partial charge is 0.454 e. The van der Waals surface area contributed by atoms with Gasteiger partial charge in [0.25, 0.3) is 0 Å². The Balaban J connectivity index is 2.04. The molecule has 0 aliphatic carbocycles. The third-order valence-electron chi connectivity index (χ3n) is 3.40. The van der Waals surface area contributed by atoms with Crippen molar-refractivity contribution in [2.45, 2.75) is 25.4 Å². The largest absolute Gasteiger partial charge is 0.463 e. The molecule has 0 N–H and O–H groups in total. The molecule has 1 aliphatic heterocycles. The molecule has 0 aromatic heterocycles. The summed E-state index contributed by atoms with van der Waals surface area (Å²) in [5.41, 5.74) is 0.635. The van der Waals surface area contributed by atoms with Gasteiger partial charge in [0, 0.05) is 13.1 Å². The van der Waals surface area contributed by atoms with E-state index < -0.39 is 18.0 Å². The molecule has 4 nitrogen and oxygen atoms in total. The summed E-state index contributed by atoms with van der Waals surface area (Å²) in [5, 5.41) is 0. The highest BCUT2D eigenvalue weighted by atomic mass is 19.4. The number of likely N-dealkylation sites (N-methyl/N-ethyl adjacent to an activating group) is 1. The quantitative estimate of drug-likeness (QED) is 0.774. The van der Waals surface area contributed by atoms with Gasteiger partial charge in [-0.15, -0.1) is 0 Å². The van der Waals surface area contributed by atoms with Crippen LogP contribution in [-0.2, 0) is 11.2 Å². The van der Waals surface area contributed by atoms with Crippen LogP contribution in [0.25, 0.3) is 0 Å². The molecule has 0 saturated carbocycles. The third kappa shape index (κ3) is 3.48. The van der Waals surface area contributed by atoms with Crippen LogP contribution in [-0.4, -0.2) is 42.8 Å². The maximum Gasteiger partial charge on any atom is 0.463 e. The molecule has 0 bridgehead atoms. The summed E-state index contributed by atoms with van der Waals surface area (Å²) < 4.78 is 73.3. The number of benzene rings is 1. The number of ether oxygens (including phenoxy) is 2. The fourth-order valence-electron chi connectivity index (χ4n) is 2.08. The molecule has 23 heavy (non-hydrogen) atoms. The van der Waals surface area contributed by atoms with Crippen LogP contribution in [0.5, 0.6) is 11.5 Å². The van der Waals surface area contributed by atoms with Crippen LogP contribution in [0.1, 0.15) is 12.5 Å².